The zero-order valence-electron chi connectivity index (χ0n) is 9.99. The minimum absolute atomic E-state index is 0.186. The quantitative estimate of drug-likeness (QED) is 0.339. The van der Waals surface area contributed by atoms with Crippen LogP contribution in [0.1, 0.15) is 51.4 Å². The molecule has 2 nitrogen and oxygen atoms in total. The standard InChI is InChI=1S/C12H24O2S2/c13-12(11-16)14-9-7-5-3-1-2-4-6-8-10-15/h15-16H,1-11H2. The summed E-state index contributed by atoms with van der Waals surface area (Å²) in [5.74, 6) is 0.983. The van der Waals surface area contributed by atoms with E-state index >= 15 is 0 Å². The summed E-state index contributed by atoms with van der Waals surface area (Å²) in [7, 11) is 0. The Labute approximate surface area is 110 Å². The van der Waals surface area contributed by atoms with Crippen molar-refractivity contribution in [3.05, 3.63) is 0 Å². The molecule has 0 heterocycles. The summed E-state index contributed by atoms with van der Waals surface area (Å²) in [5, 5.41) is 0. The van der Waals surface area contributed by atoms with Crippen molar-refractivity contribution >= 4 is 31.2 Å². The highest BCUT2D eigenvalue weighted by Gasteiger charge is 1.97. The van der Waals surface area contributed by atoms with Gasteiger partial charge in [0.25, 0.3) is 0 Å². The molecule has 16 heavy (non-hydrogen) atoms. The summed E-state index contributed by atoms with van der Waals surface area (Å²) in [6.45, 7) is 0.555. The molecule has 0 fully saturated rings. The predicted molar refractivity (Wildman–Crippen MR) is 75.6 cm³/mol. The first kappa shape index (κ1) is 16.2. The van der Waals surface area contributed by atoms with Crippen molar-refractivity contribution in [1.29, 1.82) is 0 Å². The average Bonchev–Trinajstić information content (AvgIpc) is 2.31. The van der Waals surface area contributed by atoms with Gasteiger partial charge in [0.2, 0.25) is 0 Å². The summed E-state index contributed by atoms with van der Waals surface area (Å²) in [6.07, 6.45) is 9.89. The number of rotatable bonds is 11. The van der Waals surface area contributed by atoms with E-state index in [1.165, 1.54) is 38.5 Å². The molecular formula is C12H24O2S2. The Kier molecular flexibility index (Phi) is 13.4. The maximum atomic E-state index is 10.7. The second-order valence-electron chi connectivity index (χ2n) is 3.93. The van der Waals surface area contributed by atoms with Gasteiger partial charge in [-0.1, -0.05) is 38.5 Å². The molecule has 0 aromatic heterocycles. The number of carbonyl (C=O) groups excluding carboxylic acids is 1. The van der Waals surface area contributed by atoms with Gasteiger partial charge in [-0.05, 0) is 18.6 Å². The van der Waals surface area contributed by atoms with Crippen molar-refractivity contribution in [2.75, 3.05) is 18.1 Å². The summed E-state index contributed by atoms with van der Waals surface area (Å²) in [5.41, 5.74) is 0. The largest absolute Gasteiger partial charge is 0.465 e. The van der Waals surface area contributed by atoms with Crippen molar-refractivity contribution in [2.24, 2.45) is 0 Å². The van der Waals surface area contributed by atoms with Crippen molar-refractivity contribution in [2.45, 2.75) is 51.4 Å². The van der Waals surface area contributed by atoms with Gasteiger partial charge in [-0.25, -0.2) is 0 Å². The lowest BCUT2D eigenvalue weighted by molar-refractivity contribution is -0.140. The molecule has 0 rings (SSSR count). The Morgan fingerprint density at radius 3 is 1.81 bits per heavy atom. The number of ether oxygens (including phenoxy) is 1. The smallest absolute Gasteiger partial charge is 0.315 e. The van der Waals surface area contributed by atoms with Gasteiger partial charge in [0.1, 0.15) is 0 Å². The second-order valence-corrected chi connectivity index (χ2v) is 4.69. The van der Waals surface area contributed by atoms with E-state index in [9.17, 15) is 4.79 Å². The fourth-order valence-corrected chi connectivity index (χ4v) is 1.82. The Bertz CT molecular complexity index is 163. The van der Waals surface area contributed by atoms with Gasteiger partial charge in [0, 0.05) is 0 Å². The van der Waals surface area contributed by atoms with Gasteiger partial charge in [-0.3, -0.25) is 4.79 Å². The van der Waals surface area contributed by atoms with E-state index in [0.29, 0.717) is 6.61 Å². The lowest BCUT2D eigenvalue weighted by Crippen LogP contribution is -2.06. The molecule has 0 unspecified atom stereocenters. The van der Waals surface area contributed by atoms with E-state index in [1.54, 1.807) is 0 Å². The van der Waals surface area contributed by atoms with Crippen LogP contribution < -0.4 is 0 Å². The number of unbranched alkanes of at least 4 members (excludes halogenated alkanes) is 7. The molecule has 0 amide bonds. The Morgan fingerprint density at radius 1 is 0.812 bits per heavy atom. The zero-order valence-corrected chi connectivity index (χ0v) is 11.8. The number of esters is 1. The molecule has 4 heteroatoms. The first-order chi connectivity index (χ1) is 7.81. The monoisotopic (exact) mass is 264 g/mol. The van der Waals surface area contributed by atoms with Crippen LogP contribution in [0.2, 0.25) is 0 Å². The molecule has 0 aromatic carbocycles. The van der Waals surface area contributed by atoms with Crippen molar-refractivity contribution in [3.63, 3.8) is 0 Å². The second kappa shape index (κ2) is 13.2. The fourth-order valence-electron chi connectivity index (χ4n) is 1.51. The molecular weight excluding hydrogens is 240 g/mol. The molecule has 0 bridgehead atoms. The lowest BCUT2D eigenvalue weighted by atomic mass is 10.1. The Morgan fingerprint density at radius 2 is 1.31 bits per heavy atom. The van der Waals surface area contributed by atoms with Gasteiger partial charge >= 0.3 is 5.97 Å². The molecule has 0 aliphatic heterocycles. The van der Waals surface area contributed by atoms with Crippen LogP contribution in [0.25, 0.3) is 0 Å². The van der Waals surface area contributed by atoms with Crippen LogP contribution in [-0.4, -0.2) is 24.1 Å². The van der Waals surface area contributed by atoms with Crippen LogP contribution in [0, 0.1) is 0 Å². The third kappa shape index (κ3) is 12.2. The van der Waals surface area contributed by atoms with Crippen LogP contribution >= 0.6 is 25.3 Å². The fraction of sp³-hybridized carbons (Fsp3) is 0.917. The summed E-state index contributed by atoms with van der Waals surface area (Å²) in [6, 6.07) is 0. The Balaban J connectivity index is 2.96. The van der Waals surface area contributed by atoms with Gasteiger partial charge in [-0.15, -0.1) is 0 Å². The van der Waals surface area contributed by atoms with E-state index in [4.69, 9.17) is 4.74 Å². The third-order valence-electron chi connectivity index (χ3n) is 2.44. The lowest BCUT2D eigenvalue weighted by Gasteiger charge is -2.03. The Hall–Kier alpha value is 0.170. The maximum Gasteiger partial charge on any atom is 0.315 e. The average molecular weight is 264 g/mol. The van der Waals surface area contributed by atoms with Gasteiger partial charge < -0.3 is 4.74 Å². The molecule has 0 saturated carbocycles. The minimum Gasteiger partial charge on any atom is -0.465 e. The number of carbonyl (C=O) groups is 1. The molecule has 0 saturated heterocycles. The third-order valence-corrected chi connectivity index (χ3v) is 3.02. The van der Waals surface area contributed by atoms with Crippen LogP contribution in [0.4, 0.5) is 0 Å². The normalized spacial score (nSPS) is 10.4. The predicted octanol–water partition coefficient (Wildman–Crippen LogP) is 3.51. The first-order valence-electron chi connectivity index (χ1n) is 6.18. The van der Waals surface area contributed by atoms with E-state index in [2.05, 4.69) is 25.3 Å². The molecule has 0 aromatic rings. The summed E-state index contributed by atoms with van der Waals surface area (Å²) >= 11 is 8.01. The summed E-state index contributed by atoms with van der Waals surface area (Å²) < 4.78 is 4.93. The van der Waals surface area contributed by atoms with Gasteiger partial charge in [0.05, 0.1) is 12.4 Å². The molecule has 96 valence electrons. The van der Waals surface area contributed by atoms with E-state index in [0.717, 1.165) is 18.6 Å². The van der Waals surface area contributed by atoms with Gasteiger partial charge in [0.15, 0.2) is 0 Å². The molecule has 0 N–H and O–H groups in total. The molecule has 0 atom stereocenters. The highest BCUT2D eigenvalue weighted by atomic mass is 32.1. The van der Waals surface area contributed by atoms with E-state index in [-0.39, 0.29) is 11.7 Å². The van der Waals surface area contributed by atoms with Crippen molar-refractivity contribution < 1.29 is 9.53 Å². The topological polar surface area (TPSA) is 26.3 Å². The van der Waals surface area contributed by atoms with Crippen LogP contribution in [-0.2, 0) is 9.53 Å². The maximum absolute atomic E-state index is 10.7. The minimum atomic E-state index is -0.213. The summed E-state index contributed by atoms with van der Waals surface area (Å²) in [4.78, 5) is 10.7. The number of thiol groups is 2. The molecule has 0 radical (unpaired) electrons. The van der Waals surface area contributed by atoms with Crippen molar-refractivity contribution in [3.8, 4) is 0 Å². The molecule has 0 spiro atoms. The molecule has 0 aliphatic rings. The van der Waals surface area contributed by atoms with Crippen LogP contribution in [0.5, 0.6) is 0 Å². The zero-order chi connectivity index (χ0) is 12.1. The van der Waals surface area contributed by atoms with Crippen molar-refractivity contribution in [1.82, 2.24) is 0 Å². The number of hydrogen-bond acceptors (Lipinski definition) is 4. The highest BCUT2D eigenvalue weighted by Crippen LogP contribution is 2.08. The number of hydrogen-bond donors (Lipinski definition) is 2. The van der Waals surface area contributed by atoms with Crippen LogP contribution in [0.3, 0.4) is 0 Å². The van der Waals surface area contributed by atoms with Crippen LogP contribution in [0.15, 0.2) is 0 Å². The first-order valence-corrected chi connectivity index (χ1v) is 7.45. The van der Waals surface area contributed by atoms with Gasteiger partial charge in [-0.2, -0.15) is 25.3 Å². The van der Waals surface area contributed by atoms with E-state index < -0.39 is 0 Å². The highest BCUT2D eigenvalue weighted by molar-refractivity contribution is 7.81. The van der Waals surface area contributed by atoms with E-state index in [1.807, 2.05) is 0 Å². The SMILES string of the molecule is O=C(CS)OCCCCCCCCCCS. The molecule has 0 aliphatic carbocycles.